The maximum absolute atomic E-state index is 12.7. The first-order valence-electron chi connectivity index (χ1n) is 8.53. The number of benzene rings is 2. The first-order chi connectivity index (χ1) is 14.3. The number of hydrogen-bond donors (Lipinski definition) is 0. The lowest BCUT2D eigenvalue weighted by molar-refractivity contribution is -0.394. The highest BCUT2D eigenvalue weighted by Gasteiger charge is 2.20. The lowest BCUT2D eigenvalue weighted by Gasteiger charge is -2.05. The highest BCUT2D eigenvalue weighted by molar-refractivity contribution is 7.98. The second kappa shape index (κ2) is 9.05. The highest BCUT2D eigenvalue weighted by atomic mass is 32.2. The van der Waals surface area contributed by atoms with Crippen molar-refractivity contribution in [1.82, 2.24) is 4.57 Å². The van der Waals surface area contributed by atoms with E-state index in [0.29, 0.717) is 17.1 Å². The van der Waals surface area contributed by atoms with Gasteiger partial charge in [-0.05, 0) is 18.4 Å². The molecule has 10 nitrogen and oxygen atoms in total. The number of nitro groups is 2. The van der Waals surface area contributed by atoms with E-state index in [1.807, 2.05) is 23.0 Å². The third-order valence-electron chi connectivity index (χ3n) is 4.18. The minimum Gasteiger partial charge on any atom is -0.497 e. The highest BCUT2D eigenvalue weighted by Crippen LogP contribution is 2.25. The Labute approximate surface area is 178 Å². The molecule has 156 valence electrons. The van der Waals surface area contributed by atoms with Gasteiger partial charge in [0.1, 0.15) is 5.75 Å². The quantitative estimate of drug-likeness (QED) is 0.398. The third-order valence-corrected chi connectivity index (χ3v) is 5.83. The first-order valence-corrected chi connectivity index (χ1v) is 10.7. The molecule has 0 N–H and O–H groups in total. The summed E-state index contributed by atoms with van der Waals surface area (Å²) in [4.78, 5) is 37.9. The second-order valence-electron chi connectivity index (χ2n) is 6.03. The molecule has 0 radical (unpaired) electrons. The first kappa shape index (κ1) is 21.5. The summed E-state index contributed by atoms with van der Waals surface area (Å²) < 4.78 is 8.02. The number of non-ortho nitro benzene ring substituents is 2. The summed E-state index contributed by atoms with van der Waals surface area (Å²) >= 11 is 2.91. The molecule has 0 saturated carbocycles. The number of thioether (sulfide) groups is 1. The van der Waals surface area contributed by atoms with Crippen molar-refractivity contribution in [2.24, 2.45) is 4.99 Å². The number of rotatable bonds is 7. The molecule has 0 fully saturated rings. The van der Waals surface area contributed by atoms with Gasteiger partial charge >= 0.3 is 0 Å². The predicted molar refractivity (Wildman–Crippen MR) is 114 cm³/mol. The van der Waals surface area contributed by atoms with E-state index in [2.05, 4.69) is 4.99 Å². The number of hydrogen-bond acceptors (Lipinski definition) is 8. The fraction of sp³-hybridized carbons (Fsp3) is 0.222. The molecule has 3 rings (SSSR count). The lowest BCUT2D eigenvalue weighted by Crippen LogP contribution is -2.18. The van der Waals surface area contributed by atoms with Gasteiger partial charge in [-0.25, -0.2) is 0 Å². The van der Waals surface area contributed by atoms with Crippen LogP contribution < -0.4 is 9.54 Å². The third kappa shape index (κ3) is 4.49. The van der Waals surface area contributed by atoms with Crippen LogP contribution in [0.4, 0.5) is 11.4 Å². The molecule has 1 amide bonds. The zero-order valence-corrected chi connectivity index (χ0v) is 17.6. The smallest absolute Gasteiger partial charge is 0.280 e. The number of amides is 1. The minimum absolute atomic E-state index is 0.220. The van der Waals surface area contributed by atoms with E-state index in [4.69, 9.17) is 4.74 Å². The van der Waals surface area contributed by atoms with Crippen molar-refractivity contribution in [3.63, 3.8) is 0 Å². The second-order valence-corrected chi connectivity index (χ2v) is 8.03. The average Bonchev–Trinajstić information content (AvgIpc) is 3.07. The van der Waals surface area contributed by atoms with E-state index < -0.39 is 27.1 Å². The van der Waals surface area contributed by atoms with Gasteiger partial charge in [-0.1, -0.05) is 11.3 Å². The Hall–Kier alpha value is -3.25. The largest absolute Gasteiger partial charge is 0.497 e. The number of ether oxygens (including phenoxy) is 1. The number of thiazole rings is 1. The van der Waals surface area contributed by atoms with Crippen LogP contribution in [0.1, 0.15) is 10.4 Å². The van der Waals surface area contributed by atoms with Crippen LogP contribution in [-0.2, 0) is 6.54 Å². The van der Waals surface area contributed by atoms with Gasteiger partial charge in [0.15, 0.2) is 4.80 Å². The molecule has 12 heteroatoms. The van der Waals surface area contributed by atoms with Crippen molar-refractivity contribution in [2.75, 3.05) is 19.1 Å². The molecule has 0 spiro atoms. The Bertz CT molecular complexity index is 1180. The molecule has 0 bridgehead atoms. The fourth-order valence-corrected chi connectivity index (χ4v) is 4.14. The molecule has 2 aromatic carbocycles. The topological polar surface area (TPSA) is 130 Å². The average molecular weight is 448 g/mol. The monoisotopic (exact) mass is 448 g/mol. The van der Waals surface area contributed by atoms with Crippen LogP contribution in [-0.4, -0.2) is 39.4 Å². The van der Waals surface area contributed by atoms with Gasteiger partial charge in [-0.2, -0.15) is 16.8 Å². The number of carbonyl (C=O) groups is 1. The molecule has 1 heterocycles. The van der Waals surface area contributed by atoms with Crippen molar-refractivity contribution in [2.45, 2.75) is 6.54 Å². The Morgan fingerprint density at radius 1 is 1.17 bits per heavy atom. The predicted octanol–water partition coefficient (Wildman–Crippen LogP) is 3.63. The van der Waals surface area contributed by atoms with Crippen LogP contribution in [0.25, 0.3) is 10.2 Å². The molecule has 0 aliphatic rings. The summed E-state index contributed by atoms with van der Waals surface area (Å²) in [6.07, 6.45) is 1.96. The molecule has 1 aromatic heterocycles. The number of aromatic nitrogens is 1. The summed E-state index contributed by atoms with van der Waals surface area (Å²) in [7, 11) is 1.56. The van der Waals surface area contributed by atoms with E-state index in [0.717, 1.165) is 34.2 Å². The SMILES string of the molecule is COc1ccc2sc(=NC(=O)c3cc([N+](=O)[O-])cc([N+](=O)[O-])c3)n(CCSC)c2c1. The molecule has 0 aliphatic carbocycles. The van der Waals surface area contributed by atoms with Crippen LogP contribution in [0.15, 0.2) is 41.4 Å². The summed E-state index contributed by atoms with van der Waals surface area (Å²) in [6, 6.07) is 8.28. The van der Waals surface area contributed by atoms with Gasteiger partial charge in [0.05, 0.1) is 38.8 Å². The molecular formula is C18H16N4O6S2. The Morgan fingerprint density at radius 2 is 1.83 bits per heavy atom. The van der Waals surface area contributed by atoms with Crippen molar-refractivity contribution < 1.29 is 19.4 Å². The van der Waals surface area contributed by atoms with Crippen molar-refractivity contribution in [3.8, 4) is 5.75 Å². The van der Waals surface area contributed by atoms with Gasteiger partial charge in [0, 0.05) is 30.5 Å². The van der Waals surface area contributed by atoms with Gasteiger partial charge in [0.2, 0.25) is 0 Å². The van der Waals surface area contributed by atoms with Gasteiger partial charge < -0.3 is 9.30 Å². The van der Waals surface area contributed by atoms with Gasteiger partial charge in [-0.15, -0.1) is 0 Å². The minimum atomic E-state index is -0.793. The number of nitro benzene ring substituents is 2. The van der Waals surface area contributed by atoms with Crippen molar-refractivity contribution in [1.29, 1.82) is 0 Å². The normalized spacial score (nSPS) is 11.6. The Kier molecular flexibility index (Phi) is 6.47. The summed E-state index contributed by atoms with van der Waals surface area (Å²) in [5, 5.41) is 22.2. The molecule has 3 aromatic rings. The number of fused-ring (bicyclic) bond motifs is 1. The lowest BCUT2D eigenvalue weighted by atomic mass is 10.1. The summed E-state index contributed by atoms with van der Waals surface area (Å²) in [5.41, 5.74) is -0.467. The number of carbonyl (C=O) groups excluding carboxylic acids is 1. The van der Waals surface area contributed by atoms with Crippen LogP contribution in [0, 0.1) is 20.2 Å². The van der Waals surface area contributed by atoms with E-state index in [-0.39, 0.29) is 5.56 Å². The Morgan fingerprint density at radius 3 is 2.40 bits per heavy atom. The zero-order valence-electron chi connectivity index (χ0n) is 15.9. The van der Waals surface area contributed by atoms with Gasteiger partial charge in [0.25, 0.3) is 17.3 Å². The fourth-order valence-electron chi connectivity index (χ4n) is 2.74. The summed E-state index contributed by atoms with van der Waals surface area (Å²) in [5.74, 6) is 0.635. The number of methoxy groups -OCH3 is 1. The van der Waals surface area contributed by atoms with E-state index in [1.54, 1.807) is 24.9 Å². The molecule has 0 saturated heterocycles. The Balaban J connectivity index is 2.15. The van der Waals surface area contributed by atoms with Crippen molar-refractivity contribution in [3.05, 3.63) is 67.0 Å². The molecular weight excluding hydrogens is 432 g/mol. The maximum atomic E-state index is 12.7. The van der Waals surface area contributed by atoms with E-state index >= 15 is 0 Å². The van der Waals surface area contributed by atoms with E-state index in [9.17, 15) is 25.0 Å². The van der Waals surface area contributed by atoms with Crippen LogP contribution in [0.2, 0.25) is 0 Å². The maximum Gasteiger partial charge on any atom is 0.280 e. The van der Waals surface area contributed by atoms with Crippen LogP contribution >= 0.6 is 23.1 Å². The zero-order chi connectivity index (χ0) is 21.8. The molecule has 0 unspecified atom stereocenters. The number of aryl methyl sites for hydroxylation is 1. The van der Waals surface area contributed by atoms with Crippen LogP contribution in [0.5, 0.6) is 5.75 Å². The standard InChI is InChI=1S/C18H16N4O6S2/c1-28-14-3-4-16-15(10-14)20(5-6-29-2)18(30-16)19-17(23)11-7-12(21(24)25)9-13(8-11)22(26)27/h3-4,7-10H,5-6H2,1-2H3. The molecule has 0 atom stereocenters. The van der Waals surface area contributed by atoms with Crippen LogP contribution in [0.3, 0.4) is 0 Å². The van der Waals surface area contributed by atoms with Crippen molar-refractivity contribution >= 4 is 50.6 Å². The number of nitrogens with zero attached hydrogens (tertiary/aromatic N) is 4. The van der Waals surface area contributed by atoms with E-state index in [1.165, 1.54) is 11.3 Å². The summed E-state index contributed by atoms with van der Waals surface area (Å²) in [6.45, 7) is 0.579. The molecule has 0 aliphatic heterocycles. The molecule has 30 heavy (non-hydrogen) atoms. The van der Waals surface area contributed by atoms with Gasteiger partial charge in [-0.3, -0.25) is 25.0 Å².